The molecule has 0 saturated heterocycles. The first-order valence-corrected chi connectivity index (χ1v) is 5.75. The van der Waals surface area contributed by atoms with Crippen molar-refractivity contribution < 1.29 is 0 Å². The molecule has 0 nitrogen and oxygen atoms in total. The van der Waals surface area contributed by atoms with Gasteiger partial charge in [0.05, 0.1) is 0 Å². The van der Waals surface area contributed by atoms with E-state index in [-0.39, 0.29) is 5.41 Å². The van der Waals surface area contributed by atoms with Gasteiger partial charge in [0.15, 0.2) is 0 Å². The van der Waals surface area contributed by atoms with Crippen molar-refractivity contribution in [1.82, 2.24) is 0 Å². The van der Waals surface area contributed by atoms with Gasteiger partial charge in [-0.3, -0.25) is 0 Å². The van der Waals surface area contributed by atoms with Gasteiger partial charge in [-0.15, -0.1) is 0 Å². The van der Waals surface area contributed by atoms with Crippen molar-refractivity contribution in [3.63, 3.8) is 0 Å². The van der Waals surface area contributed by atoms with E-state index >= 15 is 0 Å². The molecule has 0 aromatic heterocycles. The predicted molar refractivity (Wildman–Crippen MR) is 75.7 cm³/mol. The molecular weight excluding hydrogens is 178 g/mol. The Morgan fingerprint density at radius 1 is 0.733 bits per heavy atom. The Labute approximate surface area is 96.3 Å². The van der Waals surface area contributed by atoms with Crippen LogP contribution in [0, 0.1) is 20.8 Å². The molecule has 0 spiro atoms. The van der Waals surface area contributed by atoms with Crippen molar-refractivity contribution in [2.45, 2.75) is 47.0 Å². The average molecular weight is 200 g/mol. The molecule has 0 aliphatic heterocycles. The zero-order chi connectivity index (χ0) is 12.0. The molecule has 0 fully saturated rings. The summed E-state index contributed by atoms with van der Waals surface area (Å²) in [5.41, 5.74) is 9.11. The molecule has 0 unspecified atom stereocenters. The van der Waals surface area contributed by atoms with Gasteiger partial charge < -0.3 is 0 Å². The van der Waals surface area contributed by atoms with E-state index in [1.54, 1.807) is 0 Å². The van der Waals surface area contributed by atoms with Crippen LogP contribution in [0.1, 0.15) is 43.0 Å². The number of hydrogen-bond donors (Lipinski definition) is 0. The molecule has 0 atom stereocenters. The van der Waals surface area contributed by atoms with Crippen LogP contribution in [0.2, 0.25) is 0 Å². The molecular formula is C13H22B2. The van der Waals surface area contributed by atoms with Crippen molar-refractivity contribution in [1.29, 1.82) is 0 Å². The molecule has 0 aliphatic rings. The molecule has 0 N–H and O–H groups in total. The smallest absolute Gasteiger partial charge is 0.0827 e. The Bertz CT molecular complexity index is 369. The summed E-state index contributed by atoms with van der Waals surface area (Å²) in [6.07, 6.45) is 0. The van der Waals surface area contributed by atoms with Crippen molar-refractivity contribution >= 4 is 26.6 Å². The van der Waals surface area contributed by atoms with Gasteiger partial charge in [-0.25, -0.2) is 0 Å². The van der Waals surface area contributed by atoms with Crippen LogP contribution in [0.5, 0.6) is 0 Å². The lowest BCUT2D eigenvalue weighted by atomic mass is 9.66. The van der Waals surface area contributed by atoms with Crippen molar-refractivity contribution in [3.05, 3.63) is 22.3 Å². The topological polar surface area (TPSA) is 0 Å². The maximum absolute atomic E-state index is 2.30. The van der Waals surface area contributed by atoms with Gasteiger partial charge in [-0.05, 0) is 31.7 Å². The Morgan fingerprint density at radius 3 is 1.33 bits per heavy atom. The molecule has 2 heteroatoms. The third kappa shape index (κ3) is 2.00. The normalized spacial score (nSPS) is 11.9. The van der Waals surface area contributed by atoms with E-state index in [2.05, 4.69) is 57.2 Å². The van der Waals surface area contributed by atoms with Crippen LogP contribution in [-0.4, -0.2) is 15.7 Å². The SMILES string of the molecule is Bc1c(C)c(C)c(C)c(B)c1C(C)(C)C. The summed E-state index contributed by atoms with van der Waals surface area (Å²) in [5, 5.41) is 0. The number of hydrogen-bond acceptors (Lipinski definition) is 0. The number of rotatable bonds is 0. The second kappa shape index (κ2) is 3.73. The molecule has 0 aliphatic carbocycles. The Hall–Kier alpha value is -0.650. The first-order chi connectivity index (χ1) is 6.68. The fourth-order valence-electron chi connectivity index (χ4n) is 2.62. The van der Waals surface area contributed by atoms with E-state index < -0.39 is 0 Å². The van der Waals surface area contributed by atoms with Crippen LogP contribution in [0.4, 0.5) is 0 Å². The van der Waals surface area contributed by atoms with Gasteiger partial charge in [0.25, 0.3) is 0 Å². The van der Waals surface area contributed by atoms with Crippen molar-refractivity contribution in [2.24, 2.45) is 0 Å². The quantitative estimate of drug-likeness (QED) is 0.532. The first kappa shape index (κ1) is 12.4. The van der Waals surface area contributed by atoms with Crippen molar-refractivity contribution in [2.75, 3.05) is 0 Å². The number of benzene rings is 1. The monoisotopic (exact) mass is 200 g/mol. The fourth-order valence-corrected chi connectivity index (χ4v) is 2.62. The van der Waals surface area contributed by atoms with Crippen LogP contribution in [-0.2, 0) is 5.41 Å². The molecule has 0 amide bonds. The molecule has 80 valence electrons. The van der Waals surface area contributed by atoms with Crippen LogP contribution < -0.4 is 10.9 Å². The lowest BCUT2D eigenvalue weighted by Gasteiger charge is -2.29. The van der Waals surface area contributed by atoms with Gasteiger partial charge in [0.2, 0.25) is 0 Å². The maximum atomic E-state index is 2.30. The van der Waals surface area contributed by atoms with Gasteiger partial charge >= 0.3 is 0 Å². The zero-order valence-electron chi connectivity index (χ0n) is 11.5. The van der Waals surface area contributed by atoms with Gasteiger partial charge in [0.1, 0.15) is 15.7 Å². The van der Waals surface area contributed by atoms with Gasteiger partial charge in [-0.2, -0.15) is 0 Å². The lowest BCUT2D eigenvalue weighted by molar-refractivity contribution is 0.597. The Balaban J connectivity index is 3.68. The van der Waals surface area contributed by atoms with Gasteiger partial charge in [-0.1, -0.05) is 48.4 Å². The molecule has 0 saturated carbocycles. The van der Waals surface area contributed by atoms with E-state index in [0.29, 0.717) is 0 Å². The molecule has 0 heterocycles. The highest BCUT2D eigenvalue weighted by Gasteiger charge is 2.21. The molecule has 15 heavy (non-hydrogen) atoms. The second-order valence-electron chi connectivity index (χ2n) is 5.75. The highest BCUT2D eigenvalue weighted by atomic mass is 14.2. The van der Waals surface area contributed by atoms with Crippen LogP contribution in [0.25, 0.3) is 0 Å². The molecule has 1 aromatic rings. The third-order valence-corrected chi connectivity index (χ3v) is 3.75. The minimum absolute atomic E-state index is 0.247. The minimum Gasteiger partial charge on any atom is -0.0827 e. The van der Waals surface area contributed by atoms with Crippen LogP contribution >= 0.6 is 0 Å². The highest BCUT2D eigenvalue weighted by molar-refractivity contribution is 6.41. The Morgan fingerprint density at radius 2 is 1.07 bits per heavy atom. The first-order valence-electron chi connectivity index (χ1n) is 5.75. The molecule has 1 rings (SSSR count). The summed E-state index contributed by atoms with van der Waals surface area (Å²) in [6, 6.07) is 0. The highest BCUT2D eigenvalue weighted by Crippen LogP contribution is 2.22. The summed E-state index contributed by atoms with van der Waals surface area (Å²) in [6.45, 7) is 13.6. The molecule has 0 radical (unpaired) electrons. The molecule has 0 bridgehead atoms. The molecule has 1 aromatic carbocycles. The summed E-state index contributed by atoms with van der Waals surface area (Å²) in [7, 11) is 4.52. The van der Waals surface area contributed by atoms with E-state index in [4.69, 9.17) is 0 Å². The van der Waals surface area contributed by atoms with Crippen molar-refractivity contribution in [3.8, 4) is 0 Å². The third-order valence-electron chi connectivity index (χ3n) is 3.75. The average Bonchev–Trinajstić information content (AvgIpc) is 2.09. The minimum atomic E-state index is 0.247. The summed E-state index contributed by atoms with van der Waals surface area (Å²) in [4.78, 5) is 0. The van der Waals surface area contributed by atoms with Crippen LogP contribution in [0.3, 0.4) is 0 Å². The van der Waals surface area contributed by atoms with E-state index in [1.165, 1.54) is 33.2 Å². The van der Waals surface area contributed by atoms with Gasteiger partial charge in [0, 0.05) is 0 Å². The van der Waals surface area contributed by atoms with E-state index in [1.807, 2.05) is 0 Å². The summed E-state index contributed by atoms with van der Waals surface area (Å²) < 4.78 is 0. The van der Waals surface area contributed by atoms with E-state index in [9.17, 15) is 0 Å². The zero-order valence-corrected chi connectivity index (χ0v) is 11.5. The predicted octanol–water partition coefficient (Wildman–Crippen LogP) is 0.426. The lowest BCUT2D eigenvalue weighted by Crippen LogP contribution is -2.36. The van der Waals surface area contributed by atoms with E-state index in [0.717, 1.165) is 0 Å². The van der Waals surface area contributed by atoms with Crippen LogP contribution in [0.15, 0.2) is 0 Å². The standard InChI is InChI=1S/C13H22B2/c1-7-8(2)11(14)10(13(4,5)6)12(15)9(7)3/h14-15H2,1-6H3. The fraction of sp³-hybridized carbons (Fsp3) is 0.538. The summed E-state index contributed by atoms with van der Waals surface area (Å²) >= 11 is 0. The largest absolute Gasteiger partial charge is 0.140 e. The second-order valence-corrected chi connectivity index (χ2v) is 5.75. The maximum Gasteiger partial charge on any atom is 0.140 e. The summed E-state index contributed by atoms with van der Waals surface area (Å²) in [5.74, 6) is 0. The Kier molecular flexibility index (Phi) is 3.09.